The highest BCUT2D eigenvalue weighted by Gasteiger charge is 2.13. The number of nitrogens with zero attached hydrogens (tertiary/aromatic N) is 1. The summed E-state index contributed by atoms with van der Waals surface area (Å²) in [4.78, 5) is 18.6. The second-order valence-electron chi connectivity index (χ2n) is 3.22. The Morgan fingerprint density at radius 1 is 1.54 bits per heavy atom. The Labute approximate surface area is 76.4 Å². The highest BCUT2D eigenvalue weighted by molar-refractivity contribution is 5.44. The van der Waals surface area contributed by atoms with Crippen LogP contribution in [0.5, 0.6) is 0 Å². The molecule has 0 saturated carbocycles. The highest BCUT2D eigenvalue weighted by atomic mass is 16.1. The van der Waals surface area contributed by atoms with Gasteiger partial charge in [-0.15, -0.1) is 0 Å². The van der Waals surface area contributed by atoms with Crippen molar-refractivity contribution in [2.45, 2.75) is 26.2 Å². The summed E-state index contributed by atoms with van der Waals surface area (Å²) in [6.07, 6.45) is 2.63. The highest BCUT2D eigenvalue weighted by Crippen LogP contribution is 2.14. The molecule has 13 heavy (non-hydrogen) atoms. The van der Waals surface area contributed by atoms with Gasteiger partial charge in [0.25, 0.3) is 5.56 Å². The molecule has 4 nitrogen and oxygen atoms in total. The predicted octanol–water partition coefficient (Wildman–Crippen LogP) is 0.690. The van der Waals surface area contributed by atoms with Gasteiger partial charge in [0.15, 0.2) is 0 Å². The summed E-state index contributed by atoms with van der Waals surface area (Å²) in [7, 11) is 0. The summed E-state index contributed by atoms with van der Waals surface area (Å²) >= 11 is 0. The lowest BCUT2D eigenvalue weighted by Crippen LogP contribution is -2.24. The van der Waals surface area contributed by atoms with Gasteiger partial charge in [0.05, 0.1) is 5.56 Å². The fourth-order valence-corrected chi connectivity index (χ4v) is 1.56. The van der Waals surface area contributed by atoms with E-state index in [1.165, 1.54) is 0 Å². The Morgan fingerprint density at radius 2 is 2.38 bits per heavy atom. The first-order valence-electron chi connectivity index (χ1n) is 4.67. The van der Waals surface area contributed by atoms with Crippen molar-refractivity contribution in [3.8, 4) is 0 Å². The predicted molar refractivity (Wildman–Crippen MR) is 51.0 cm³/mol. The number of aromatic amines is 1. The van der Waals surface area contributed by atoms with Gasteiger partial charge in [-0.1, -0.05) is 6.92 Å². The Bertz CT molecular complexity index is 370. The summed E-state index contributed by atoms with van der Waals surface area (Å²) in [5.74, 6) is 1.55. The molecule has 1 aromatic heterocycles. The van der Waals surface area contributed by atoms with Gasteiger partial charge in [0.1, 0.15) is 11.6 Å². The molecule has 0 amide bonds. The van der Waals surface area contributed by atoms with Crippen molar-refractivity contribution in [2.75, 3.05) is 11.9 Å². The molecule has 0 bridgehead atoms. The minimum Gasteiger partial charge on any atom is -0.370 e. The second kappa shape index (κ2) is 3.20. The van der Waals surface area contributed by atoms with Gasteiger partial charge in [-0.05, 0) is 12.8 Å². The second-order valence-corrected chi connectivity index (χ2v) is 3.22. The molecule has 0 radical (unpaired) electrons. The third-order valence-corrected chi connectivity index (χ3v) is 2.30. The molecule has 2 heterocycles. The number of aromatic nitrogens is 2. The fraction of sp³-hybridized carbons (Fsp3) is 0.556. The number of anilines is 1. The molecule has 0 aliphatic carbocycles. The van der Waals surface area contributed by atoms with E-state index in [1.54, 1.807) is 0 Å². The van der Waals surface area contributed by atoms with E-state index in [-0.39, 0.29) is 5.56 Å². The van der Waals surface area contributed by atoms with Crippen molar-refractivity contribution in [3.63, 3.8) is 0 Å². The number of aryl methyl sites for hydroxylation is 1. The molecule has 1 aliphatic heterocycles. The van der Waals surface area contributed by atoms with E-state index in [1.807, 2.05) is 6.92 Å². The number of hydrogen-bond donors (Lipinski definition) is 2. The molecule has 70 valence electrons. The van der Waals surface area contributed by atoms with Crippen LogP contribution in [0.2, 0.25) is 0 Å². The van der Waals surface area contributed by atoms with Crippen LogP contribution in [0.1, 0.15) is 24.7 Å². The largest absolute Gasteiger partial charge is 0.370 e. The Hall–Kier alpha value is -1.32. The first-order chi connectivity index (χ1) is 6.31. The summed E-state index contributed by atoms with van der Waals surface area (Å²) in [6.45, 7) is 2.90. The van der Waals surface area contributed by atoms with Gasteiger partial charge in [-0.3, -0.25) is 4.79 Å². The molecule has 0 spiro atoms. The smallest absolute Gasteiger partial charge is 0.256 e. The van der Waals surface area contributed by atoms with Gasteiger partial charge < -0.3 is 10.3 Å². The fourth-order valence-electron chi connectivity index (χ4n) is 1.56. The maximum absolute atomic E-state index is 11.5. The minimum atomic E-state index is 0.0223. The quantitative estimate of drug-likeness (QED) is 0.667. The van der Waals surface area contributed by atoms with Crippen LogP contribution in [-0.2, 0) is 12.8 Å². The van der Waals surface area contributed by atoms with Crippen molar-refractivity contribution in [3.05, 3.63) is 21.7 Å². The van der Waals surface area contributed by atoms with Crippen molar-refractivity contribution < 1.29 is 0 Å². The number of hydrogen-bond acceptors (Lipinski definition) is 3. The number of fused-ring (bicyclic) bond motifs is 1. The lowest BCUT2D eigenvalue weighted by atomic mass is 10.1. The Kier molecular flexibility index (Phi) is 2.04. The van der Waals surface area contributed by atoms with Gasteiger partial charge in [-0.25, -0.2) is 4.98 Å². The summed E-state index contributed by atoms with van der Waals surface area (Å²) in [5.41, 5.74) is 0.831. The number of rotatable bonds is 1. The zero-order valence-electron chi connectivity index (χ0n) is 7.68. The molecule has 4 heteroatoms. The van der Waals surface area contributed by atoms with Crippen LogP contribution in [0.25, 0.3) is 0 Å². The van der Waals surface area contributed by atoms with Crippen LogP contribution in [0, 0.1) is 0 Å². The summed E-state index contributed by atoms with van der Waals surface area (Å²) < 4.78 is 0. The maximum atomic E-state index is 11.5. The van der Waals surface area contributed by atoms with Crippen LogP contribution < -0.4 is 10.9 Å². The molecule has 0 fully saturated rings. The average molecular weight is 179 g/mol. The van der Waals surface area contributed by atoms with E-state index in [0.29, 0.717) is 0 Å². The van der Waals surface area contributed by atoms with Crippen molar-refractivity contribution in [1.82, 2.24) is 9.97 Å². The molecule has 0 aromatic carbocycles. The van der Waals surface area contributed by atoms with E-state index < -0.39 is 0 Å². The zero-order chi connectivity index (χ0) is 9.26. The molecule has 2 rings (SSSR count). The standard InChI is InChI=1S/C9H13N3O/c1-2-7-11-8-6(9(13)12-7)4-3-5-10-8/h2-5H2,1H3,(H2,10,11,12,13). The van der Waals surface area contributed by atoms with E-state index in [4.69, 9.17) is 0 Å². The average Bonchev–Trinajstić information content (AvgIpc) is 2.18. The molecule has 0 unspecified atom stereocenters. The monoisotopic (exact) mass is 179 g/mol. The molecular weight excluding hydrogens is 166 g/mol. The van der Waals surface area contributed by atoms with E-state index in [2.05, 4.69) is 15.3 Å². The first kappa shape index (κ1) is 8.29. The third kappa shape index (κ3) is 1.43. The van der Waals surface area contributed by atoms with Crippen molar-refractivity contribution in [1.29, 1.82) is 0 Å². The molecule has 1 aliphatic rings. The van der Waals surface area contributed by atoms with Gasteiger partial charge in [0, 0.05) is 13.0 Å². The van der Waals surface area contributed by atoms with Gasteiger partial charge in [-0.2, -0.15) is 0 Å². The van der Waals surface area contributed by atoms with Crippen LogP contribution in [0.4, 0.5) is 5.82 Å². The topological polar surface area (TPSA) is 57.8 Å². The number of nitrogens with one attached hydrogen (secondary N) is 2. The van der Waals surface area contributed by atoms with Gasteiger partial charge in [0.2, 0.25) is 0 Å². The molecule has 2 N–H and O–H groups in total. The maximum Gasteiger partial charge on any atom is 0.256 e. The Morgan fingerprint density at radius 3 is 3.15 bits per heavy atom. The first-order valence-corrected chi connectivity index (χ1v) is 4.67. The SMILES string of the molecule is CCc1nc2c(c(=O)[nH]1)CCCN2. The normalized spacial score (nSPS) is 14.8. The summed E-state index contributed by atoms with van der Waals surface area (Å²) in [6, 6.07) is 0. The van der Waals surface area contributed by atoms with E-state index >= 15 is 0 Å². The molecule has 0 atom stereocenters. The van der Waals surface area contributed by atoms with E-state index in [9.17, 15) is 4.79 Å². The van der Waals surface area contributed by atoms with Crippen LogP contribution in [0.3, 0.4) is 0 Å². The van der Waals surface area contributed by atoms with Crippen LogP contribution in [0.15, 0.2) is 4.79 Å². The molecule has 1 aromatic rings. The Balaban J connectivity index is 2.53. The minimum absolute atomic E-state index is 0.0223. The molecular formula is C9H13N3O. The number of H-pyrrole nitrogens is 1. The lowest BCUT2D eigenvalue weighted by molar-refractivity contribution is 0.780. The van der Waals surface area contributed by atoms with Gasteiger partial charge >= 0.3 is 0 Å². The molecule has 0 saturated heterocycles. The zero-order valence-corrected chi connectivity index (χ0v) is 7.68. The summed E-state index contributed by atoms with van der Waals surface area (Å²) in [5, 5.41) is 3.15. The lowest BCUT2D eigenvalue weighted by Gasteiger charge is -2.16. The van der Waals surface area contributed by atoms with Crippen molar-refractivity contribution >= 4 is 5.82 Å². The van der Waals surface area contributed by atoms with Crippen molar-refractivity contribution in [2.24, 2.45) is 0 Å². The third-order valence-electron chi connectivity index (χ3n) is 2.30. The van der Waals surface area contributed by atoms with E-state index in [0.717, 1.165) is 43.0 Å². The van der Waals surface area contributed by atoms with Crippen LogP contribution in [-0.4, -0.2) is 16.5 Å². The van der Waals surface area contributed by atoms with Crippen LogP contribution >= 0.6 is 0 Å².